The number of amides is 6. The summed E-state index contributed by atoms with van der Waals surface area (Å²) in [5.74, 6) is -3.60. The number of esters is 1. The van der Waals surface area contributed by atoms with Crippen LogP contribution in [-0.4, -0.2) is 135 Å². The number of carbonyl (C=O) groups is 7. The van der Waals surface area contributed by atoms with E-state index < -0.39 is 71.8 Å². The van der Waals surface area contributed by atoms with E-state index in [0.717, 1.165) is 58.5 Å². The van der Waals surface area contributed by atoms with Crippen molar-refractivity contribution in [1.29, 1.82) is 0 Å². The second-order valence-corrected chi connectivity index (χ2v) is 17.6. The molecule has 0 spiro atoms. The lowest BCUT2D eigenvalue weighted by molar-refractivity contribution is -0.146. The van der Waals surface area contributed by atoms with Gasteiger partial charge in [0.1, 0.15) is 36.3 Å². The first kappa shape index (κ1) is 56.5. The summed E-state index contributed by atoms with van der Waals surface area (Å²) in [5.41, 5.74) is 0. The van der Waals surface area contributed by atoms with Gasteiger partial charge in [-0.25, -0.2) is 4.79 Å². The topological polar surface area (TPSA) is 228 Å². The molecule has 0 aromatic heterocycles. The maximum atomic E-state index is 13.6. The van der Waals surface area contributed by atoms with Crippen molar-refractivity contribution in [2.75, 3.05) is 52.9 Å². The van der Waals surface area contributed by atoms with E-state index in [1.165, 1.54) is 21.0 Å². The Labute approximate surface area is 365 Å². The molecule has 1 aliphatic rings. The highest BCUT2D eigenvalue weighted by Gasteiger charge is 2.32. The number of nitrogens with one attached hydrogen (secondary N) is 8. The molecule has 6 amide bonds. The fraction of sp³-hybridized carbons (Fsp3) is 0.833. The van der Waals surface area contributed by atoms with Crippen molar-refractivity contribution in [1.82, 2.24) is 47.4 Å². The Morgan fingerprint density at radius 1 is 0.483 bits per heavy atom. The smallest absolute Gasteiger partial charge is 0.328 e. The van der Waals surface area contributed by atoms with Crippen molar-refractivity contribution in [3.63, 3.8) is 0 Å². The van der Waals surface area contributed by atoms with E-state index in [2.05, 4.69) is 47.4 Å². The molecular weight excluding hydrogens is 794 g/mol. The van der Waals surface area contributed by atoms with E-state index in [4.69, 9.17) is 4.74 Å². The highest BCUT2D eigenvalue weighted by molar-refractivity contribution is 5.96. The molecule has 0 aromatic carbocycles. The second kappa shape index (κ2) is 30.5. The van der Waals surface area contributed by atoms with Crippen LogP contribution in [0.2, 0.25) is 0 Å². The zero-order valence-electron chi connectivity index (χ0n) is 38.3. The minimum Gasteiger partial charge on any atom is -0.467 e. The molecular formula is C42H80ClN9O8. The molecule has 1 rings (SSSR count). The van der Waals surface area contributed by atoms with Gasteiger partial charge in [0.2, 0.25) is 35.4 Å². The first-order valence-corrected chi connectivity index (χ1v) is 21.8. The Morgan fingerprint density at radius 2 is 0.817 bits per heavy atom. The van der Waals surface area contributed by atoms with Crippen LogP contribution in [0.1, 0.15) is 114 Å². The number of ether oxygens (including phenoxy) is 1. The zero-order chi connectivity index (χ0) is 44.7. The van der Waals surface area contributed by atoms with E-state index in [1.54, 1.807) is 0 Å². The maximum Gasteiger partial charge on any atom is 0.328 e. The SMILES string of the molecule is COC(=O)[C@H](CC(C)C)NC(=O)[C@H](CC(C)C)NC(=O)[C@H](C)NC(=O)[C@H](CC(C)C)NC(=O)[C@H](C)NC(=O)[C@H](CC(C)C)NC(=O)CN1CCCNCCCNCCC1.Cl. The van der Waals surface area contributed by atoms with Crippen molar-refractivity contribution in [3.8, 4) is 0 Å². The summed E-state index contributed by atoms with van der Waals surface area (Å²) < 4.78 is 4.87. The predicted molar refractivity (Wildman–Crippen MR) is 236 cm³/mol. The molecule has 0 aliphatic carbocycles. The van der Waals surface area contributed by atoms with Crippen LogP contribution in [0, 0.1) is 23.7 Å². The van der Waals surface area contributed by atoms with Gasteiger partial charge in [0.25, 0.3) is 0 Å². The van der Waals surface area contributed by atoms with Gasteiger partial charge in [0.15, 0.2) is 0 Å². The van der Waals surface area contributed by atoms with Crippen molar-refractivity contribution < 1.29 is 38.3 Å². The third-order valence-corrected chi connectivity index (χ3v) is 9.78. The average Bonchev–Trinajstić information content (AvgIpc) is 3.13. The van der Waals surface area contributed by atoms with Crippen LogP contribution >= 0.6 is 12.4 Å². The van der Waals surface area contributed by atoms with Gasteiger partial charge in [-0.15, -0.1) is 12.4 Å². The van der Waals surface area contributed by atoms with Gasteiger partial charge in [0, 0.05) is 0 Å². The molecule has 8 N–H and O–H groups in total. The highest BCUT2D eigenvalue weighted by atomic mass is 35.5. The van der Waals surface area contributed by atoms with E-state index in [1.807, 2.05) is 55.4 Å². The minimum atomic E-state index is -1.09. The van der Waals surface area contributed by atoms with Gasteiger partial charge >= 0.3 is 5.97 Å². The Kier molecular flexibility index (Phi) is 28.7. The first-order chi connectivity index (χ1) is 27.7. The molecule has 17 nitrogen and oxygen atoms in total. The summed E-state index contributed by atoms with van der Waals surface area (Å²) in [6, 6.07) is -5.92. The summed E-state index contributed by atoms with van der Waals surface area (Å²) >= 11 is 0. The molecule has 0 unspecified atom stereocenters. The molecule has 0 radical (unpaired) electrons. The van der Waals surface area contributed by atoms with Crippen molar-refractivity contribution in [2.45, 2.75) is 150 Å². The van der Waals surface area contributed by atoms with Crippen molar-refractivity contribution >= 4 is 53.8 Å². The van der Waals surface area contributed by atoms with Crippen LogP contribution in [0.15, 0.2) is 0 Å². The average molecular weight is 875 g/mol. The van der Waals surface area contributed by atoms with E-state index in [0.29, 0.717) is 12.8 Å². The normalized spacial score (nSPS) is 17.3. The fourth-order valence-electron chi connectivity index (χ4n) is 6.72. The minimum absolute atomic E-state index is 0. The van der Waals surface area contributed by atoms with Gasteiger partial charge < -0.3 is 47.3 Å². The van der Waals surface area contributed by atoms with Gasteiger partial charge in [-0.1, -0.05) is 55.4 Å². The molecule has 18 heteroatoms. The molecule has 1 fully saturated rings. The Balaban J connectivity index is 0.0000348. The van der Waals surface area contributed by atoms with Crippen molar-refractivity contribution in [3.05, 3.63) is 0 Å². The monoisotopic (exact) mass is 874 g/mol. The maximum absolute atomic E-state index is 13.6. The van der Waals surface area contributed by atoms with Crippen LogP contribution in [0.3, 0.4) is 0 Å². The number of rotatable bonds is 22. The number of carbonyl (C=O) groups excluding carboxylic acids is 7. The molecule has 0 bridgehead atoms. The van der Waals surface area contributed by atoms with Crippen LogP contribution in [0.25, 0.3) is 0 Å². The van der Waals surface area contributed by atoms with Gasteiger partial charge in [-0.2, -0.15) is 0 Å². The van der Waals surface area contributed by atoms with Crippen LogP contribution in [0.4, 0.5) is 0 Å². The van der Waals surface area contributed by atoms with Gasteiger partial charge in [-0.3, -0.25) is 33.7 Å². The third kappa shape index (κ3) is 24.0. The van der Waals surface area contributed by atoms with Gasteiger partial charge in [0.05, 0.1) is 13.7 Å². The summed E-state index contributed by atoms with van der Waals surface area (Å²) in [4.78, 5) is 95.0. The summed E-state index contributed by atoms with van der Waals surface area (Å²) in [6.45, 7) is 23.5. The van der Waals surface area contributed by atoms with Crippen LogP contribution in [0.5, 0.6) is 0 Å². The quantitative estimate of drug-likeness (QED) is 0.0726. The highest BCUT2D eigenvalue weighted by Crippen LogP contribution is 2.11. The predicted octanol–water partition coefficient (Wildman–Crippen LogP) is 1.38. The largest absolute Gasteiger partial charge is 0.467 e. The summed E-state index contributed by atoms with van der Waals surface area (Å²) in [7, 11) is 1.25. The molecule has 60 heavy (non-hydrogen) atoms. The number of methoxy groups -OCH3 is 1. The van der Waals surface area contributed by atoms with E-state index in [9.17, 15) is 33.6 Å². The first-order valence-electron chi connectivity index (χ1n) is 21.8. The summed E-state index contributed by atoms with van der Waals surface area (Å²) in [6.07, 6.45) is 4.11. The van der Waals surface area contributed by atoms with Crippen LogP contribution < -0.4 is 42.5 Å². The molecule has 6 atom stereocenters. The fourth-order valence-corrected chi connectivity index (χ4v) is 6.72. The Bertz CT molecular complexity index is 1320. The Morgan fingerprint density at radius 3 is 1.20 bits per heavy atom. The molecule has 1 aliphatic heterocycles. The van der Waals surface area contributed by atoms with E-state index in [-0.39, 0.29) is 61.4 Å². The van der Waals surface area contributed by atoms with Crippen molar-refractivity contribution in [2.24, 2.45) is 23.7 Å². The lowest BCUT2D eigenvalue weighted by atomic mass is 10.00. The second-order valence-electron chi connectivity index (χ2n) is 17.6. The molecule has 1 heterocycles. The number of halogens is 1. The third-order valence-electron chi connectivity index (χ3n) is 9.78. The number of hydrogen-bond acceptors (Lipinski definition) is 11. The molecule has 0 saturated carbocycles. The molecule has 1 saturated heterocycles. The standard InChI is InChI=1S/C42H79N9O8.ClH/c1-26(2)21-32(47-36(52)25-51-19-13-17-43-15-12-16-44-18-14-20-51)39(55)45-30(9)37(53)48-33(22-27(3)4)40(56)46-31(10)38(54)49-34(23-28(5)6)41(57)50-35(24-29(7)8)42(58)59-11;/h26-35,43-44H,12-25H2,1-11H3,(H,45,55)(H,46,56)(H,47,52)(H,48,53)(H,49,54)(H,50,57);1H/t30-,31-,32-,33-,34-,35-;/m0./s1. The lowest BCUT2D eigenvalue weighted by Gasteiger charge is -2.27. The van der Waals surface area contributed by atoms with E-state index >= 15 is 0 Å². The molecule has 348 valence electrons. The van der Waals surface area contributed by atoms with Gasteiger partial charge in [-0.05, 0) is 122 Å². The summed E-state index contributed by atoms with van der Waals surface area (Å²) in [5, 5.41) is 23.3. The number of nitrogens with zero attached hydrogens (tertiary/aromatic N) is 1. The Hall–Kier alpha value is -3.54. The van der Waals surface area contributed by atoms with Crippen LogP contribution in [-0.2, 0) is 38.3 Å². The number of hydrogen-bond donors (Lipinski definition) is 8. The zero-order valence-corrected chi connectivity index (χ0v) is 39.1. The lowest BCUT2D eigenvalue weighted by Crippen LogP contribution is -2.59. The molecule has 0 aromatic rings.